The van der Waals surface area contributed by atoms with Crippen molar-refractivity contribution in [1.82, 2.24) is 15.5 Å². The first-order valence-electron chi connectivity index (χ1n) is 9.94. The Labute approximate surface area is 166 Å². The molecule has 142 valence electrons. The van der Waals surface area contributed by atoms with Gasteiger partial charge in [0, 0.05) is 25.7 Å². The second-order valence-corrected chi connectivity index (χ2v) is 7.64. The summed E-state index contributed by atoms with van der Waals surface area (Å²) in [5.74, 6) is 2.74. The predicted octanol–water partition coefficient (Wildman–Crippen LogP) is 3.86. The number of aliphatic imine (C=N–C) groups is 1. The molecule has 1 saturated heterocycles. The van der Waals surface area contributed by atoms with Crippen LogP contribution in [0.25, 0.3) is 0 Å². The largest absolute Gasteiger partial charge is 0.357 e. The van der Waals surface area contributed by atoms with Crippen molar-refractivity contribution in [1.29, 1.82) is 0 Å². The van der Waals surface area contributed by atoms with E-state index in [0.29, 0.717) is 6.04 Å². The highest BCUT2D eigenvalue weighted by molar-refractivity contribution is 14.0. The van der Waals surface area contributed by atoms with Crippen LogP contribution in [0.15, 0.2) is 4.99 Å². The summed E-state index contributed by atoms with van der Waals surface area (Å²) in [6.07, 6.45) is 10.8. The lowest BCUT2D eigenvalue weighted by Gasteiger charge is -2.31. The molecule has 0 aromatic rings. The third-order valence-corrected chi connectivity index (χ3v) is 5.46. The zero-order chi connectivity index (χ0) is 16.5. The molecule has 1 aliphatic heterocycles. The molecular weight excluding hydrogens is 411 g/mol. The molecule has 0 aromatic carbocycles. The fraction of sp³-hybridized carbons (Fsp3) is 0.947. The van der Waals surface area contributed by atoms with E-state index in [0.717, 1.165) is 30.9 Å². The van der Waals surface area contributed by atoms with Crippen LogP contribution in [0.3, 0.4) is 0 Å². The molecule has 0 bridgehead atoms. The zero-order valence-electron chi connectivity index (χ0n) is 16.0. The quantitative estimate of drug-likeness (QED) is 0.367. The van der Waals surface area contributed by atoms with Gasteiger partial charge >= 0.3 is 0 Å². The molecule has 2 fully saturated rings. The molecule has 1 unspecified atom stereocenters. The molecule has 0 amide bonds. The standard InChI is InChI=1S/C19H38N4.HI/c1-4-7-16-9-11-18(12-10-16)22-19(20-5-2)21-14-17-8-6-13-23(3)15-17;/h16-18H,4-15H2,1-3H3,(H2,20,21,22);1H. The van der Waals surface area contributed by atoms with Crippen molar-refractivity contribution in [3.05, 3.63) is 0 Å². The van der Waals surface area contributed by atoms with Crippen LogP contribution < -0.4 is 10.6 Å². The number of nitrogens with zero attached hydrogens (tertiary/aromatic N) is 2. The third-order valence-electron chi connectivity index (χ3n) is 5.46. The fourth-order valence-electron chi connectivity index (χ4n) is 4.16. The molecule has 0 spiro atoms. The molecule has 1 heterocycles. The number of hydrogen-bond acceptors (Lipinski definition) is 2. The molecule has 2 rings (SSSR count). The first-order chi connectivity index (χ1) is 11.2. The van der Waals surface area contributed by atoms with Gasteiger partial charge in [-0.1, -0.05) is 19.8 Å². The molecular formula is C19H39IN4. The summed E-state index contributed by atoms with van der Waals surface area (Å²) in [5, 5.41) is 7.14. The lowest BCUT2D eigenvalue weighted by molar-refractivity contribution is 0.214. The van der Waals surface area contributed by atoms with Gasteiger partial charge in [-0.3, -0.25) is 4.99 Å². The van der Waals surface area contributed by atoms with Crippen LogP contribution in [0.4, 0.5) is 0 Å². The van der Waals surface area contributed by atoms with E-state index in [9.17, 15) is 0 Å². The van der Waals surface area contributed by atoms with Crippen molar-refractivity contribution < 1.29 is 0 Å². The molecule has 5 heteroatoms. The van der Waals surface area contributed by atoms with E-state index in [1.54, 1.807) is 0 Å². The summed E-state index contributed by atoms with van der Waals surface area (Å²) >= 11 is 0. The van der Waals surface area contributed by atoms with Gasteiger partial charge in [0.15, 0.2) is 5.96 Å². The maximum Gasteiger partial charge on any atom is 0.191 e. The van der Waals surface area contributed by atoms with Gasteiger partial charge in [-0.15, -0.1) is 24.0 Å². The number of halogens is 1. The normalized spacial score (nSPS) is 29.0. The molecule has 2 N–H and O–H groups in total. The van der Waals surface area contributed by atoms with E-state index in [1.165, 1.54) is 64.5 Å². The number of nitrogens with one attached hydrogen (secondary N) is 2. The number of hydrogen-bond donors (Lipinski definition) is 2. The van der Waals surface area contributed by atoms with Crippen molar-refractivity contribution in [3.63, 3.8) is 0 Å². The van der Waals surface area contributed by atoms with Gasteiger partial charge in [0.1, 0.15) is 0 Å². The van der Waals surface area contributed by atoms with Crippen LogP contribution in [0.5, 0.6) is 0 Å². The molecule has 1 atom stereocenters. The Morgan fingerprint density at radius 3 is 2.46 bits per heavy atom. The monoisotopic (exact) mass is 450 g/mol. The minimum atomic E-state index is 0. The SMILES string of the molecule is CCCC1CCC(NC(=NCC2CCCN(C)C2)NCC)CC1.I. The van der Waals surface area contributed by atoms with Gasteiger partial charge in [-0.25, -0.2) is 0 Å². The Morgan fingerprint density at radius 2 is 1.83 bits per heavy atom. The Kier molecular flexibility index (Phi) is 11.3. The fourth-order valence-corrected chi connectivity index (χ4v) is 4.16. The van der Waals surface area contributed by atoms with E-state index in [1.807, 2.05) is 0 Å². The molecule has 4 nitrogen and oxygen atoms in total. The third kappa shape index (κ3) is 7.89. The molecule has 0 radical (unpaired) electrons. The average molecular weight is 450 g/mol. The van der Waals surface area contributed by atoms with Gasteiger partial charge in [-0.05, 0) is 70.9 Å². The molecule has 24 heavy (non-hydrogen) atoms. The highest BCUT2D eigenvalue weighted by atomic mass is 127. The highest BCUT2D eigenvalue weighted by Crippen LogP contribution is 2.27. The topological polar surface area (TPSA) is 39.7 Å². The minimum Gasteiger partial charge on any atom is -0.357 e. The number of rotatable bonds is 6. The Bertz CT molecular complexity index is 353. The van der Waals surface area contributed by atoms with Crippen molar-refractivity contribution in [2.24, 2.45) is 16.8 Å². The summed E-state index contributed by atoms with van der Waals surface area (Å²) in [6.45, 7) is 8.82. The maximum atomic E-state index is 4.89. The second-order valence-electron chi connectivity index (χ2n) is 7.64. The zero-order valence-corrected chi connectivity index (χ0v) is 18.4. The Morgan fingerprint density at radius 1 is 1.08 bits per heavy atom. The van der Waals surface area contributed by atoms with Gasteiger partial charge < -0.3 is 15.5 Å². The van der Waals surface area contributed by atoms with E-state index in [2.05, 4.69) is 36.4 Å². The summed E-state index contributed by atoms with van der Waals surface area (Å²) in [7, 11) is 2.23. The molecule has 1 saturated carbocycles. The van der Waals surface area contributed by atoms with Gasteiger partial charge in [0.2, 0.25) is 0 Å². The van der Waals surface area contributed by atoms with E-state index in [-0.39, 0.29) is 24.0 Å². The summed E-state index contributed by atoms with van der Waals surface area (Å²) in [5.41, 5.74) is 0. The smallest absolute Gasteiger partial charge is 0.191 e. The van der Waals surface area contributed by atoms with Crippen LogP contribution in [0, 0.1) is 11.8 Å². The molecule has 1 aliphatic carbocycles. The van der Waals surface area contributed by atoms with E-state index in [4.69, 9.17) is 4.99 Å². The summed E-state index contributed by atoms with van der Waals surface area (Å²) in [4.78, 5) is 7.33. The Hall–Kier alpha value is -0.0400. The van der Waals surface area contributed by atoms with Crippen LogP contribution in [-0.2, 0) is 0 Å². The highest BCUT2D eigenvalue weighted by Gasteiger charge is 2.21. The summed E-state index contributed by atoms with van der Waals surface area (Å²) < 4.78 is 0. The van der Waals surface area contributed by atoms with Crippen molar-refractivity contribution in [2.45, 2.75) is 71.3 Å². The van der Waals surface area contributed by atoms with Crippen LogP contribution in [0.2, 0.25) is 0 Å². The Balaban J connectivity index is 0.00000288. The van der Waals surface area contributed by atoms with Crippen LogP contribution in [-0.4, -0.2) is 50.1 Å². The lowest BCUT2D eigenvalue weighted by atomic mass is 9.83. The number of likely N-dealkylation sites (tertiary alicyclic amines) is 1. The first-order valence-corrected chi connectivity index (χ1v) is 9.94. The van der Waals surface area contributed by atoms with Crippen molar-refractivity contribution in [2.75, 3.05) is 33.2 Å². The second kappa shape index (κ2) is 12.3. The van der Waals surface area contributed by atoms with Crippen LogP contribution in [0.1, 0.15) is 65.2 Å². The van der Waals surface area contributed by atoms with Crippen molar-refractivity contribution >= 4 is 29.9 Å². The maximum absolute atomic E-state index is 4.89. The molecule has 2 aliphatic rings. The van der Waals surface area contributed by atoms with Crippen LogP contribution >= 0.6 is 24.0 Å². The summed E-state index contributed by atoms with van der Waals surface area (Å²) in [6, 6.07) is 0.620. The number of guanidine groups is 1. The van der Waals surface area contributed by atoms with Gasteiger partial charge in [0.25, 0.3) is 0 Å². The van der Waals surface area contributed by atoms with E-state index < -0.39 is 0 Å². The minimum absolute atomic E-state index is 0. The van der Waals surface area contributed by atoms with Gasteiger partial charge in [-0.2, -0.15) is 0 Å². The van der Waals surface area contributed by atoms with E-state index >= 15 is 0 Å². The number of piperidine rings is 1. The average Bonchev–Trinajstić information content (AvgIpc) is 2.55. The van der Waals surface area contributed by atoms with Gasteiger partial charge in [0.05, 0.1) is 0 Å². The predicted molar refractivity (Wildman–Crippen MR) is 115 cm³/mol. The lowest BCUT2D eigenvalue weighted by Crippen LogP contribution is -2.45. The molecule has 0 aromatic heterocycles. The van der Waals surface area contributed by atoms with Crippen molar-refractivity contribution in [3.8, 4) is 0 Å². The first kappa shape index (κ1) is 22.0.